The first-order valence-electron chi connectivity index (χ1n) is 6.22. The quantitative estimate of drug-likeness (QED) is 0.858. The molecule has 2 unspecified atom stereocenters. The number of fused-ring (bicyclic) bond motifs is 1. The molecular weight excluding hydrogens is 246 g/mol. The average molecular weight is 262 g/mol. The van der Waals surface area contributed by atoms with Gasteiger partial charge in [-0.2, -0.15) is 0 Å². The molecule has 3 nitrogen and oxygen atoms in total. The second-order valence-corrected chi connectivity index (χ2v) is 5.48. The first-order valence-corrected chi connectivity index (χ1v) is 6.60. The maximum atomic E-state index is 6.04. The Kier molecular flexibility index (Phi) is 2.88. The molecule has 1 aliphatic rings. The van der Waals surface area contributed by atoms with Gasteiger partial charge in [-0.15, -0.1) is 0 Å². The van der Waals surface area contributed by atoms with Crippen LogP contribution in [0.3, 0.4) is 0 Å². The van der Waals surface area contributed by atoms with Gasteiger partial charge in [-0.25, -0.2) is 4.98 Å². The van der Waals surface area contributed by atoms with E-state index in [1.54, 1.807) is 0 Å². The number of rotatable bonds is 1. The highest BCUT2D eigenvalue weighted by Crippen LogP contribution is 2.29. The summed E-state index contributed by atoms with van der Waals surface area (Å²) in [4.78, 5) is 4.73. The van der Waals surface area contributed by atoms with Gasteiger partial charge in [-0.1, -0.05) is 30.7 Å². The van der Waals surface area contributed by atoms with Gasteiger partial charge in [0, 0.05) is 35.3 Å². The van der Waals surface area contributed by atoms with E-state index in [1.165, 1.54) is 0 Å². The number of imidazole rings is 1. The van der Waals surface area contributed by atoms with Crippen LogP contribution in [0.5, 0.6) is 0 Å². The van der Waals surface area contributed by atoms with Crippen molar-refractivity contribution in [1.82, 2.24) is 9.55 Å². The molecule has 0 spiro atoms. The molecule has 0 aliphatic carbocycles. The molecule has 94 valence electrons. The fourth-order valence-corrected chi connectivity index (χ4v) is 2.74. The zero-order valence-corrected chi connectivity index (χ0v) is 11.1. The van der Waals surface area contributed by atoms with Gasteiger partial charge in [0.15, 0.2) is 0 Å². The minimum absolute atomic E-state index is 0.236. The lowest BCUT2D eigenvalue weighted by Gasteiger charge is -2.25. The lowest BCUT2D eigenvalue weighted by Crippen LogP contribution is -2.33. The number of hydrogen-bond acceptors (Lipinski definition) is 2. The van der Waals surface area contributed by atoms with Crippen molar-refractivity contribution in [1.29, 1.82) is 0 Å². The van der Waals surface area contributed by atoms with Gasteiger partial charge in [0.2, 0.25) is 0 Å². The van der Waals surface area contributed by atoms with Crippen molar-refractivity contribution in [2.45, 2.75) is 31.8 Å². The maximum absolute atomic E-state index is 6.04. The molecule has 1 aromatic carbocycles. The van der Waals surface area contributed by atoms with E-state index in [1.807, 2.05) is 24.3 Å². The molecule has 0 amide bonds. The smallest absolute Gasteiger partial charge is 0.112 e. The number of nitrogens with zero attached hydrogens (tertiary/aromatic N) is 2. The highest BCUT2D eigenvalue weighted by atomic mass is 35.5. The van der Waals surface area contributed by atoms with Gasteiger partial charge in [0.05, 0.1) is 5.69 Å². The first kappa shape index (κ1) is 11.8. The molecule has 0 bridgehead atoms. The Balaban J connectivity index is 2.00. The van der Waals surface area contributed by atoms with Crippen molar-refractivity contribution in [2.75, 3.05) is 0 Å². The molecule has 1 aromatic heterocycles. The Morgan fingerprint density at radius 3 is 2.78 bits per heavy atom. The second-order valence-electron chi connectivity index (χ2n) is 5.04. The Hall–Kier alpha value is -1.32. The summed E-state index contributed by atoms with van der Waals surface area (Å²) in [6, 6.07) is 8.02. The van der Waals surface area contributed by atoms with Gasteiger partial charge in [0.25, 0.3) is 0 Å². The number of aromatic nitrogens is 2. The summed E-state index contributed by atoms with van der Waals surface area (Å²) < 4.78 is 2.18. The van der Waals surface area contributed by atoms with Crippen LogP contribution in [-0.2, 0) is 6.54 Å². The fraction of sp³-hybridized carbons (Fsp3) is 0.357. The van der Waals surface area contributed by atoms with Crippen molar-refractivity contribution >= 4 is 11.6 Å². The van der Waals surface area contributed by atoms with E-state index in [9.17, 15) is 0 Å². The average Bonchev–Trinajstić information content (AvgIpc) is 2.74. The minimum atomic E-state index is 0.236. The molecule has 0 saturated carbocycles. The van der Waals surface area contributed by atoms with Crippen LogP contribution in [0.1, 0.15) is 25.1 Å². The second kappa shape index (κ2) is 4.41. The molecular formula is C14H16ClN3. The van der Waals surface area contributed by atoms with Crippen LogP contribution in [0.25, 0.3) is 11.3 Å². The van der Waals surface area contributed by atoms with E-state index in [4.69, 9.17) is 22.3 Å². The molecule has 0 radical (unpaired) electrons. The molecule has 3 rings (SSSR count). The maximum Gasteiger partial charge on any atom is 0.112 e. The summed E-state index contributed by atoms with van der Waals surface area (Å²) in [6.07, 6.45) is 3.10. The summed E-state index contributed by atoms with van der Waals surface area (Å²) in [6.45, 7) is 3.05. The van der Waals surface area contributed by atoms with Gasteiger partial charge < -0.3 is 10.3 Å². The molecule has 1 aliphatic heterocycles. The largest absolute Gasteiger partial charge is 0.332 e. The summed E-state index contributed by atoms with van der Waals surface area (Å²) in [5.41, 5.74) is 8.14. The van der Waals surface area contributed by atoms with E-state index in [0.29, 0.717) is 5.92 Å². The van der Waals surface area contributed by atoms with Crippen LogP contribution in [0.4, 0.5) is 0 Å². The van der Waals surface area contributed by atoms with Gasteiger partial charge >= 0.3 is 0 Å². The van der Waals surface area contributed by atoms with E-state index in [2.05, 4.69) is 17.7 Å². The summed E-state index contributed by atoms with van der Waals surface area (Å²) >= 11 is 5.90. The molecule has 2 atom stereocenters. The summed E-state index contributed by atoms with van der Waals surface area (Å²) in [5, 5.41) is 0.748. The SMILES string of the molecule is CC1CC(N)Cn2cc(-c3ccc(Cl)cc3)nc21. The van der Waals surface area contributed by atoms with E-state index in [0.717, 1.165) is 35.1 Å². The van der Waals surface area contributed by atoms with E-state index >= 15 is 0 Å². The van der Waals surface area contributed by atoms with Gasteiger partial charge in [-0.3, -0.25) is 0 Å². The van der Waals surface area contributed by atoms with Gasteiger partial charge in [-0.05, 0) is 18.6 Å². The number of halogens is 1. The molecule has 18 heavy (non-hydrogen) atoms. The fourth-order valence-electron chi connectivity index (χ4n) is 2.62. The molecule has 0 saturated heterocycles. The summed E-state index contributed by atoms with van der Waals surface area (Å²) in [5.74, 6) is 1.57. The third kappa shape index (κ3) is 2.04. The first-order chi connectivity index (χ1) is 8.63. The highest BCUT2D eigenvalue weighted by Gasteiger charge is 2.24. The normalized spacial score (nSPS) is 22.8. The lowest BCUT2D eigenvalue weighted by molar-refractivity contribution is 0.407. The van der Waals surface area contributed by atoms with Crippen LogP contribution >= 0.6 is 11.6 Å². The Labute approximate surface area is 112 Å². The van der Waals surface area contributed by atoms with Crippen LogP contribution in [0, 0.1) is 0 Å². The van der Waals surface area contributed by atoms with Crippen molar-refractivity contribution < 1.29 is 0 Å². The lowest BCUT2D eigenvalue weighted by atomic mass is 9.98. The van der Waals surface area contributed by atoms with Crippen LogP contribution in [0.2, 0.25) is 5.02 Å². The third-order valence-electron chi connectivity index (χ3n) is 3.48. The van der Waals surface area contributed by atoms with E-state index < -0.39 is 0 Å². The van der Waals surface area contributed by atoms with Crippen LogP contribution in [0.15, 0.2) is 30.5 Å². The third-order valence-corrected chi connectivity index (χ3v) is 3.73. The minimum Gasteiger partial charge on any atom is -0.332 e. The predicted molar refractivity (Wildman–Crippen MR) is 73.7 cm³/mol. The number of benzene rings is 1. The topological polar surface area (TPSA) is 43.8 Å². The Morgan fingerprint density at radius 1 is 1.33 bits per heavy atom. The molecule has 2 heterocycles. The predicted octanol–water partition coefficient (Wildman–Crippen LogP) is 3.04. The van der Waals surface area contributed by atoms with Crippen LogP contribution < -0.4 is 5.73 Å². The molecule has 0 fully saturated rings. The number of nitrogens with two attached hydrogens (primary N) is 1. The van der Waals surface area contributed by atoms with Crippen molar-refractivity contribution in [3.63, 3.8) is 0 Å². The van der Waals surface area contributed by atoms with Crippen molar-refractivity contribution in [3.8, 4) is 11.3 Å². The molecule has 4 heteroatoms. The van der Waals surface area contributed by atoms with Crippen LogP contribution in [-0.4, -0.2) is 15.6 Å². The van der Waals surface area contributed by atoms with Crippen molar-refractivity contribution in [2.24, 2.45) is 5.73 Å². The summed E-state index contributed by atoms with van der Waals surface area (Å²) in [7, 11) is 0. The highest BCUT2D eigenvalue weighted by molar-refractivity contribution is 6.30. The Bertz CT molecular complexity index is 559. The Morgan fingerprint density at radius 2 is 2.06 bits per heavy atom. The van der Waals surface area contributed by atoms with Crippen molar-refractivity contribution in [3.05, 3.63) is 41.3 Å². The standard InChI is InChI=1S/C14H16ClN3/c1-9-6-12(16)7-18-8-13(17-14(9)18)10-2-4-11(15)5-3-10/h2-5,8-9,12H,6-7,16H2,1H3. The molecule has 2 N–H and O–H groups in total. The number of hydrogen-bond donors (Lipinski definition) is 1. The molecule has 2 aromatic rings. The zero-order chi connectivity index (χ0) is 12.7. The van der Waals surface area contributed by atoms with E-state index in [-0.39, 0.29) is 6.04 Å². The monoisotopic (exact) mass is 261 g/mol. The van der Waals surface area contributed by atoms with Gasteiger partial charge in [0.1, 0.15) is 5.82 Å². The zero-order valence-electron chi connectivity index (χ0n) is 10.3.